The van der Waals surface area contributed by atoms with Crippen molar-refractivity contribution in [3.63, 3.8) is 0 Å². The van der Waals surface area contributed by atoms with Crippen LogP contribution < -0.4 is 25.7 Å². The number of hydrogen-bond acceptors (Lipinski definition) is 9. The lowest BCUT2D eigenvalue weighted by molar-refractivity contribution is -0.137. The average Bonchev–Trinajstić information content (AvgIpc) is 3.03. The second-order valence-electron chi connectivity index (χ2n) is 9.52. The number of anilines is 4. The fourth-order valence-electron chi connectivity index (χ4n) is 4.64. The molecule has 0 spiro atoms. The molecule has 216 valence electrons. The molecule has 5 rings (SSSR count). The number of carbonyl (C=O) groups excluding carboxylic acids is 2. The van der Waals surface area contributed by atoms with E-state index in [-0.39, 0.29) is 29.8 Å². The molecule has 2 aromatic heterocycles. The van der Waals surface area contributed by atoms with Crippen molar-refractivity contribution in [1.29, 1.82) is 0 Å². The summed E-state index contributed by atoms with van der Waals surface area (Å²) in [5.41, 5.74) is 1.48. The SMILES string of the molecule is C=CC(=O)N1CCN(C(=O)Cn2c(=O)c(Nc3cc(OC)cc(OC)c3)nc3ccc(Nc4ccccc4)nc32)CC1. The number of fused-ring (bicyclic) bond motifs is 1. The molecule has 0 unspecified atom stereocenters. The van der Waals surface area contributed by atoms with Gasteiger partial charge in [0.25, 0.3) is 5.56 Å². The Balaban J connectivity index is 1.51. The standard InChI is InChI=1S/C30H31N7O5/c1-4-26(38)35-12-14-36(15-13-35)27(39)19-37-29-24(10-11-25(34-29)31-20-8-6-5-7-9-20)33-28(30(37)40)32-21-16-22(41-2)18-23(17-21)42-3/h4-11,16-18H,1,12-15,19H2,2-3H3,(H,31,34)(H,32,33). The van der Waals surface area contributed by atoms with Crippen LogP contribution in [0.5, 0.6) is 11.5 Å². The fraction of sp³-hybridized carbons (Fsp3) is 0.233. The molecular formula is C30H31N7O5. The molecule has 0 saturated carbocycles. The minimum absolute atomic E-state index is 0.0116. The monoisotopic (exact) mass is 569 g/mol. The van der Waals surface area contributed by atoms with Gasteiger partial charge in [-0.25, -0.2) is 9.97 Å². The molecule has 1 fully saturated rings. The zero-order chi connectivity index (χ0) is 29.6. The van der Waals surface area contributed by atoms with Crippen molar-refractivity contribution in [1.82, 2.24) is 24.3 Å². The molecule has 0 aliphatic carbocycles. The number of nitrogens with one attached hydrogen (secondary N) is 2. The van der Waals surface area contributed by atoms with E-state index in [0.29, 0.717) is 54.7 Å². The highest BCUT2D eigenvalue weighted by Crippen LogP contribution is 2.27. The first kappa shape index (κ1) is 28.1. The molecular weight excluding hydrogens is 538 g/mol. The predicted molar refractivity (Wildman–Crippen MR) is 160 cm³/mol. The van der Waals surface area contributed by atoms with Gasteiger partial charge in [-0.3, -0.25) is 19.0 Å². The number of piperazine rings is 1. The van der Waals surface area contributed by atoms with Crippen molar-refractivity contribution in [2.45, 2.75) is 6.54 Å². The van der Waals surface area contributed by atoms with Gasteiger partial charge in [0.15, 0.2) is 11.5 Å². The van der Waals surface area contributed by atoms with Crippen LogP contribution in [0.3, 0.4) is 0 Å². The number of rotatable bonds is 9. The van der Waals surface area contributed by atoms with E-state index in [1.54, 1.807) is 40.1 Å². The number of amides is 2. The third-order valence-corrected chi connectivity index (χ3v) is 6.86. The minimum Gasteiger partial charge on any atom is -0.497 e. The maximum Gasteiger partial charge on any atom is 0.295 e. The number of ether oxygens (including phenoxy) is 2. The van der Waals surface area contributed by atoms with E-state index in [1.807, 2.05) is 30.3 Å². The lowest BCUT2D eigenvalue weighted by atomic mass is 10.2. The van der Waals surface area contributed by atoms with Gasteiger partial charge in [-0.2, -0.15) is 0 Å². The molecule has 12 heteroatoms. The van der Waals surface area contributed by atoms with E-state index in [2.05, 4.69) is 27.2 Å². The van der Waals surface area contributed by atoms with E-state index >= 15 is 0 Å². The molecule has 1 aliphatic rings. The number of aromatic nitrogens is 3. The summed E-state index contributed by atoms with van der Waals surface area (Å²) in [7, 11) is 3.07. The summed E-state index contributed by atoms with van der Waals surface area (Å²) < 4.78 is 12.0. The molecule has 0 bridgehead atoms. The lowest BCUT2D eigenvalue weighted by Crippen LogP contribution is -2.51. The Morgan fingerprint density at radius 1 is 0.881 bits per heavy atom. The maximum atomic E-state index is 13.8. The normalized spacial score (nSPS) is 13.0. The Labute approximate surface area is 242 Å². The summed E-state index contributed by atoms with van der Waals surface area (Å²) in [6.07, 6.45) is 1.26. The third-order valence-electron chi connectivity index (χ3n) is 6.86. The van der Waals surface area contributed by atoms with E-state index in [4.69, 9.17) is 9.47 Å². The lowest BCUT2D eigenvalue weighted by Gasteiger charge is -2.34. The van der Waals surface area contributed by atoms with E-state index < -0.39 is 5.56 Å². The van der Waals surface area contributed by atoms with E-state index in [1.165, 1.54) is 24.9 Å². The van der Waals surface area contributed by atoms with Crippen molar-refractivity contribution in [2.75, 3.05) is 51.0 Å². The number of hydrogen-bond donors (Lipinski definition) is 2. The van der Waals surface area contributed by atoms with Crippen molar-refractivity contribution in [2.24, 2.45) is 0 Å². The van der Waals surface area contributed by atoms with Crippen molar-refractivity contribution in [3.8, 4) is 11.5 Å². The van der Waals surface area contributed by atoms with Crippen LogP contribution in [0.25, 0.3) is 11.2 Å². The van der Waals surface area contributed by atoms with Gasteiger partial charge in [0, 0.05) is 55.8 Å². The number of benzene rings is 2. The summed E-state index contributed by atoms with van der Waals surface area (Å²) in [6.45, 7) is 4.73. The summed E-state index contributed by atoms with van der Waals surface area (Å²) >= 11 is 0. The molecule has 0 atom stereocenters. The number of nitrogens with zero attached hydrogens (tertiary/aromatic N) is 5. The van der Waals surface area contributed by atoms with Crippen LogP contribution in [0.4, 0.5) is 23.0 Å². The molecule has 1 aliphatic heterocycles. The summed E-state index contributed by atoms with van der Waals surface area (Å²) in [5.74, 6) is 1.11. The number of pyridine rings is 1. The van der Waals surface area contributed by atoms with Crippen LogP contribution >= 0.6 is 0 Å². The van der Waals surface area contributed by atoms with Crippen LogP contribution in [0.2, 0.25) is 0 Å². The largest absolute Gasteiger partial charge is 0.497 e. The van der Waals surface area contributed by atoms with Gasteiger partial charge >= 0.3 is 0 Å². The first-order chi connectivity index (χ1) is 20.4. The highest BCUT2D eigenvalue weighted by atomic mass is 16.5. The number of methoxy groups -OCH3 is 2. The van der Waals surface area contributed by atoms with Crippen molar-refractivity contribution in [3.05, 3.63) is 83.7 Å². The topological polar surface area (TPSA) is 131 Å². The quantitative estimate of drug-likeness (QED) is 0.292. The van der Waals surface area contributed by atoms with Crippen molar-refractivity contribution >= 4 is 46.0 Å². The van der Waals surface area contributed by atoms with Gasteiger partial charge in [-0.05, 0) is 30.3 Å². The van der Waals surface area contributed by atoms with Crippen LogP contribution in [-0.4, -0.2) is 76.5 Å². The van der Waals surface area contributed by atoms with Gasteiger partial charge in [-0.1, -0.05) is 24.8 Å². The Morgan fingerprint density at radius 2 is 1.55 bits per heavy atom. The second-order valence-corrected chi connectivity index (χ2v) is 9.52. The smallest absolute Gasteiger partial charge is 0.295 e. The summed E-state index contributed by atoms with van der Waals surface area (Å²) in [4.78, 5) is 51.8. The molecule has 2 amide bonds. The van der Waals surface area contributed by atoms with E-state index in [9.17, 15) is 14.4 Å². The van der Waals surface area contributed by atoms with E-state index in [0.717, 1.165) is 5.69 Å². The molecule has 12 nitrogen and oxygen atoms in total. The Hall–Kier alpha value is -5.39. The zero-order valence-electron chi connectivity index (χ0n) is 23.4. The molecule has 1 saturated heterocycles. The highest BCUT2D eigenvalue weighted by Gasteiger charge is 2.25. The maximum absolute atomic E-state index is 13.8. The third kappa shape index (κ3) is 6.17. The molecule has 4 aromatic rings. The number of carbonyl (C=O) groups is 2. The van der Waals surface area contributed by atoms with Crippen LogP contribution in [-0.2, 0) is 16.1 Å². The van der Waals surface area contributed by atoms with Gasteiger partial charge in [-0.15, -0.1) is 0 Å². The zero-order valence-corrected chi connectivity index (χ0v) is 23.4. The Kier molecular flexibility index (Phi) is 8.32. The Bertz CT molecular complexity index is 1660. The van der Waals surface area contributed by atoms with Crippen LogP contribution in [0.1, 0.15) is 0 Å². The first-order valence-electron chi connectivity index (χ1n) is 13.3. The molecule has 3 heterocycles. The van der Waals surface area contributed by atoms with Gasteiger partial charge in [0.05, 0.1) is 14.2 Å². The second kappa shape index (κ2) is 12.4. The molecule has 42 heavy (non-hydrogen) atoms. The van der Waals surface area contributed by atoms with Gasteiger partial charge in [0.2, 0.25) is 11.8 Å². The van der Waals surface area contributed by atoms with Gasteiger partial charge in [0.1, 0.15) is 29.4 Å². The fourth-order valence-corrected chi connectivity index (χ4v) is 4.64. The molecule has 2 aromatic carbocycles. The molecule has 2 N–H and O–H groups in total. The minimum atomic E-state index is -0.525. The summed E-state index contributed by atoms with van der Waals surface area (Å²) in [6, 6.07) is 18.1. The average molecular weight is 570 g/mol. The van der Waals surface area contributed by atoms with Crippen LogP contribution in [0.15, 0.2) is 78.1 Å². The van der Waals surface area contributed by atoms with Crippen molar-refractivity contribution < 1.29 is 19.1 Å². The summed E-state index contributed by atoms with van der Waals surface area (Å²) in [5, 5.41) is 6.28. The van der Waals surface area contributed by atoms with Crippen LogP contribution in [0, 0.1) is 0 Å². The Morgan fingerprint density at radius 3 is 2.19 bits per heavy atom. The number of para-hydroxylation sites is 1. The predicted octanol–water partition coefficient (Wildman–Crippen LogP) is 3.15. The highest BCUT2D eigenvalue weighted by molar-refractivity contribution is 5.87. The molecule has 0 radical (unpaired) electrons. The van der Waals surface area contributed by atoms with Gasteiger partial charge < -0.3 is 29.9 Å². The first-order valence-corrected chi connectivity index (χ1v) is 13.3.